The average molecular weight is 685 g/mol. The lowest BCUT2D eigenvalue weighted by atomic mass is 10.1. The van der Waals surface area contributed by atoms with Crippen molar-refractivity contribution in [2.24, 2.45) is 11.8 Å². The lowest BCUT2D eigenvalue weighted by Crippen LogP contribution is -2.46. The molecule has 276 valence electrons. The largest absolute Gasteiger partial charge is 0.481 e. The fourth-order valence-corrected chi connectivity index (χ4v) is 5.87. The number of carbonyl (C=O) groups excluding carboxylic acids is 4. The maximum absolute atomic E-state index is 11.8. The molecule has 2 aliphatic carbocycles. The Morgan fingerprint density at radius 2 is 0.917 bits per heavy atom. The van der Waals surface area contributed by atoms with Crippen LogP contribution in [0.2, 0.25) is 0 Å². The second-order valence-electron chi connectivity index (χ2n) is 14.5. The van der Waals surface area contributed by atoms with Crippen LogP contribution in [0.5, 0.6) is 0 Å². The van der Waals surface area contributed by atoms with Crippen LogP contribution >= 0.6 is 0 Å². The molecular formula is C34H60N4O10. The van der Waals surface area contributed by atoms with E-state index >= 15 is 0 Å². The van der Waals surface area contributed by atoms with Gasteiger partial charge in [-0.2, -0.15) is 0 Å². The zero-order valence-electron chi connectivity index (χ0n) is 30.3. The number of ether oxygens (including phenoxy) is 2. The number of carboxylic acid groups (broad SMARTS) is 2. The molecule has 4 amide bonds. The SMILES string of the molecule is CC(C)(C)OC(=O)N1CCC[C@@H]1C(=O)O.CNC(=O)C1CCCC1.CNC(=O)[C@H]1CCCN1C(=O)OC(C)(C)C.O=C(O)C1CCCC1. The molecule has 0 aromatic rings. The van der Waals surface area contributed by atoms with Gasteiger partial charge in [0.2, 0.25) is 11.8 Å². The van der Waals surface area contributed by atoms with E-state index in [2.05, 4.69) is 10.6 Å². The van der Waals surface area contributed by atoms with Crippen molar-refractivity contribution in [1.29, 1.82) is 0 Å². The first-order valence-electron chi connectivity index (χ1n) is 17.2. The van der Waals surface area contributed by atoms with Crippen LogP contribution in [-0.2, 0) is 28.7 Å². The number of hydrogen-bond acceptors (Lipinski definition) is 8. The predicted molar refractivity (Wildman–Crippen MR) is 179 cm³/mol. The monoisotopic (exact) mass is 684 g/mol. The van der Waals surface area contributed by atoms with Gasteiger partial charge in [0.25, 0.3) is 0 Å². The van der Waals surface area contributed by atoms with Gasteiger partial charge in [-0.3, -0.25) is 24.2 Å². The first-order valence-corrected chi connectivity index (χ1v) is 17.2. The van der Waals surface area contributed by atoms with Crippen LogP contribution in [0.3, 0.4) is 0 Å². The zero-order valence-corrected chi connectivity index (χ0v) is 30.3. The summed E-state index contributed by atoms with van der Waals surface area (Å²) in [7, 11) is 3.29. The zero-order chi connectivity index (χ0) is 36.7. The van der Waals surface area contributed by atoms with Crippen molar-refractivity contribution < 1.29 is 48.5 Å². The highest BCUT2D eigenvalue weighted by molar-refractivity contribution is 5.86. The van der Waals surface area contributed by atoms with Crippen molar-refractivity contribution in [3.8, 4) is 0 Å². The summed E-state index contributed by atoms with van der Waals surface area (Å²) >= 11 is 0. The van der Waals surface area contributed by atoms with Gasteiger partial charge in [0.05, 0.1) is 5.92 Å². The highest BCUT2D eigenvalue weighted by Gasteiger charge is 2.37. The van der Waals surface area contributed by atoms with Gasteiger partial charge >= 0.3 is 24.1 Å². The number of hydrogen-bond donors (Lipinski definition) is 4. The Morgan fingerprint density at radius 3 is 1.25 bits per heavy atom. The average Bonchev–Trinajstić information content (AvgIpc) is 3.82. The summed E-state index contributed by atoms with van der Waals surface area (Å²) in [6, 6.07) is -1.10. The lowest BCUT2D eigenvalue weighted by molar-refractivity contribution is -0.142. The van der Waals surface area contributed by atoms with Gasteiger partial charge in [-0.1, -0.05) is 25.7 Å². The third kappa shape index (κ3) is 15.5. The van der Waals surface area contributed by atoms with Crippen molar-refractivity contribution >= 4 is 35.9 Å². The maximum Gasteiger partial charge on any atom is 0.411 e. The number of carbonyl (C=O) groups is 6. The topological polar surface area (TPSA) is 192 Å². The molecule has 4 rings (SSSR count). The molecule has 0 unspecified atom stereocenters. The minimum atomic E-state index is -0.960. The quantitative estimate of drug-likeness (QED) is 0.320. The minimum Gasteiger partial charge on any atom is -0.481 e. The van der Waals surface area contributed by atoms with E-state index in [1.807, 2.05) is 20.8 Å². The van der Waals surface area contributed by atoms with Crippen molar-refractivity contribution in [2.45, 2.75) is 142 Å². The van der Waals surface area contributed by atoms with Crippen molar-refractivity contribution in [1.82, 2.24) is 20.4 Å². The van der Waals surface area contributed by atoms with Gasteiger partial charge in [-0.25, -0.2) is 14.4 Å². The third-order valence-corrected chi connectivity index (χ3v) is 8.27. The number of rotatable bonds is 4. The minimum absolute atomic E-state index is 0.0185. The number of carboxylic acids is 2. The number of likely N-dealkylation sites (N-methyl/N-ethyl adjacent to an activating group) is 1. The molecule has 0 aromatic carbocycles. The Hall–Kier alpha value is -3.58. The number of aliphatic carboxylic acids is 2. The first-order chi connectivity index (χ1) is 22.3. The number of nitrogens with zero attached hydrogens (tertiary/aromatic N) is 2. The molecule has 0 radical (unpaired) electrons. The molecule has 4 aliphatic rings. The van der Waals surface area contributed by atoms with Gasteiger partial charge < -0.3 is 30.3 Å². The van der Waals surface area contributed by atoms with Crippen LogP contribution in [0.25, 0.3) is 0 Å². The van der Waals surface area contributed by atoms with Crippen LogP contribution < -0.4 is 10.6 Å². The number of nitrogens with one attached hydrogen (secondary N) is 2. The summed E-state index contributed by atoms with van der Waals surface area (Å²) in [5.74, 6) is -1.15. The molecule has 4 fully saturated rings. The fourth-order valence-electron chi connectivity index (χ4n) is 5.87. The van der Waals surface area contributed by atoms with Crippen LogP contribution in [0, 0.1) is 11.8 Å². The Labute approximate surface area is 285 Å². The van der Waals surface area contributed by atoms with Crippen molar-refractivity contribution in [3.63, 3.8) is 0 Å². The summed E-state index contributed by atoms with van der Waals surface area (Å²) in [4.78, 5) is 69.7. The Balaban J connectivity index is 0.000000332. The maximum atomic E-state index is 11.8. The second kappa shape index (κ2) is 20.1. The third-order valence-electron chi connectivity index (χ3n) is 8.27. The van der Waals surface area contributed by atoms with Gasteiger partial charge in [-0.15, -0.1) is 0 Å². The molecule has 48 heavy (non-hydrogen) atoms. The summed E-state index contributed by atoms with van der Waals surface area (Å²) in [6.07, 6.45) is 10.5. The Morgan fingerprint density at radius 1 is 0.542 bits per heavy atom. The lowest BCUT2D eigenvalue weighted by Gasteiger charge is -2.27. The molecular weight excluding hydrogens is 624 g/mol. The number of likely N-dealkylation sites (tertiary alicyclic amines) is 2. The Kier molecular flexibility index (Phi) is 17.7. The van der Waals surface area contributed by atoms with Gasteiger partial charge in [0, 0.05) is 33.1 Å². The molecule has 4 N–H and O–H groups in total. The van der Waals surface area contributed by atoms with Gasteiger partial charge in [0.1, 0.15) is 23.3 Å². The number of amides is 4. The molecule has 2 heterocycles. The summed E-state index contributed by atoms with van der Waals surface area (Å²) in [5, 5.41) is 22.5. The molecule has 2 atom stereocenters. The van der Waals surface area contributed by atoms with E-state index in [1.54, 1.807) is 34.9 Å². The van der Waals surface area contributed by atoms with Crippen LogP contribution in [-0.4, -0.2) is 106 Å². The predicted octanol–water partition coefficient (Wildman–Crippen LogP) is 4.79. The normalized spacial score (nSPS) is 21.0. The van der Waals surface area contributed by atoms with Gasteiger partial charge in [-0.05, 0) is 92.9 Å². The standard InChI is InChI=1S/C11H20N2O3.C10H17NO4.C7H13NO.C6H10O2/c1-11(2,3)16-10(15)13-7-5-6-8(13)9(14)12-4;1-10(2,3)15-9(14)11-6-4-5-7(11)8(12)13;1-8-7(9)6-4-2-3-5-6;7-6(8)5-3-1-2-4-5/h8H,5-7H2,1-4H3,(H,12,14);7H,4-6H2,1-3H3,(H,12,13);6H,2-5H2,1H3,(H,8,9);5H,1-4H2,(H,7,8)/t8-;7-;;/m11../s1. The molecule has 2 saturated heterocycles. The van der Waals surface area contributed by atoms with Crippen LogP contribution in [0.1, 0.15) is 119 Å². The highest BCUT2D eigenvalue weighted by Crippen LogP contribution is 2.25. The fraction of sp³-hybridized carbons (Fsp3) is 0.824. The summed E-state index contributed by atoms with van der Waals surface area (Å²) < 4.78 is 10.4. The smallest absolute Gasteiger partial charge is 0.411 e. The Bertz CT molecular complexity index is 1070. The summed E-state index contributed by atoms with van der Waals surface area (Å²) in [5.41, 5.74) is -1.10. The molecule has 14 heteroatoms. The van der Waals surface area contributed by atoms with E-state index in [4.69, 9.17) is 19.7 Å². The van der Waals surface area contributed by atoms with E-state index in [-0.39, 0.29) is 23.8 Å². The van der Waals surface area contributed by atoms with E-state index in [0.29, 0.717) is 31.8 Å². The van der Waals surface area contributed by atoms with E-state index in [1.165, 1.54) is 22.6 Å². The van der Waals surface area contributed by atoms with E-state index in [0.717, 1.165) is 51.4 Å². The van der Waals surface area contributed by atoms with Crippen LogP contribution in [0.4, 0.5) is 9.59 Å². The molecule has 0 bridgehead atoms. The first kappa shape index (κ1) is 42.4. The van der Waals surface area contributed by atoms with Gasteiger partial charge in [0.15, 0.2) is 0 Å². The van der Waals surface area contributed by atoms with E-state index < -0.39 is 41.4 Å². The summed E-state index contributed by atoms with van der Waals surface area (Å²) in [6.45, 7) is 11.8. The molecule has 2 aliphatic heterocycles. The van der Waals surface area contributed by atoms with Crippen LogP contribution in [0.15, 0.2) is 0 Å². The molecule has 0 spiro atoms. The molecule has 0 aromatic heterocycles. The van der Waals surface area contributed by atoms with Crippen molar-refractivity contribution in [2.75, 3.05) is 27.2 Å². The van der Waals surface area contributed by atoms with Crippen molar-refractivity contribution in [3.05, 3.63) is 0 Å². The molecule has 2 saturated carbocycles. The molecule has 14 nitrogen and oxygen atoms in total. The van der Waals surface area contributed by atoms with E-state index in [9.17, 15) is 28.8 Å². The highest BCUT2D eigenvalue weighted by atomic mass is 16.6. The second-order valence-corrected chi connectivity index (χ2v) is 14.5.